The summed E-state index contributed by atoms with van der Waals surface area (Å²) in [6.07, 6.45) is 0.884. The molecule has 22 heavy (non-hydrogen) atoms. The van der Waals surface area contributed by atoms with E-state index in [1.54, 1.807) is 0 Å². The Morgan fingerprint density at radius 1 is 1.14 bits per heavy atom. The molecule has 0 radical (unpaired) electrons. The van der Waals surface area contributed by atoms with E-state index in [2.05, 4.69) is 10.2 Å². The summed E-state index contributed by atoms with van der Waals surface area (Å²) < 4.78 is 5.79. The van der Waals surface area contributed by atoms with E-state index in [0.717, 1.165) is 24.4 Å². The molecular weight excluding hydrogens is 276 g/mol. The molecule has 1 fully saturated rings. The number of amides is 1. The molecule has 2 aromatic rings. The van der Waals surface area contributed by atoms with Crippen LogP contribution in [-0.2, 0) is 4.79 Å². The maximum Gasteiger partial charge on any atom is 0.244 e. The van der Waals surface area contributed by atoms with Gasteiger partial charge in [0.05, 0.1) is 5.54 Å². The Balaban J connectivity index is 1.70. The van der Waals surface area contributed by atoms with E-state index in [1.807, 2.05) is 68.6 Å². The Morgan fingerprint density at radius 2 is 1.86 bits per heavy atom. The van der Waals surface area contributed by atoms with Gasteiger partial charge in [0.2, 0.25) is 5.91 Å². The second-order valence-corrected chi connectivity index (χ2v) is 5.84. The average Bonchev–Trinajstić information content (AvgIpc) is 2.54. The second-order valence-electron chi connectivity index (χ2n) is 5.84. The predicted octanol–water partition coefficient (Wildman–Crippen LogP) is 3.51. The van der Waals surface area contributed by atoms with Gasteiger partial charge in [-0.05, 0) is 44.7 Å². The zero-order valence-corrected chi connectivity index (χ0v) is 12.9. The number of likely N-dealkylation sites (tertiary alicyclic amines) is 1. The molecule has 4 nitrogen and oxygen atoms in total. The first-order valence-corrected chi connectivity index (χ1v) is 7.44. The highest BCUT2D eigenvalue weighted by molar-refractivity contribution is 5.98. The van der Waals surface area contributed by atoms with Crippen molar-refractivity contribution < 1.29 is 9.53 Å². The molecule has 114 valence electrons. The summed E-state index contributed by atoms with van der Waals surface area (Å²) in [5.74, 6) is 1.51. The highest BCUT2D eigenvalue weighted by atomic mass is 16.5. The monoisotopic (exact) mass is 296 g/mol. The van der Waals surface area contributed by atoms with Crippen LogP contribution in [0, 0.1) is 0 Å². The second kappa shape index (κ2) is 5.81. The first kappa shape index (κ1) is 14.6. The zero-order valence-electron chi connectivity index (χ0n) is 12.9. The number of likely N-dealkylation sites (N-methyl/N-ethyl adjacent to an activating group) is 1. The molecule has 1 unspecified atom stereocenters. The fourth-order valence-corrected chi connectivity index (χ4v) is 2.49. The van der Waals surface area contributed by atoms with Gasteiger partial charge in [0, 0.05) is 18.3 Å². The van der Waals surface area contributed by atoms with Crippen molar-refractivity contribution in [1.82, 2.24) is 4.90 Å². The third kappa shape index (κ3) is 2.83. The third-order valence-electron chi connectivity index (χ3n) is 4.34. The minimum Gasteiger partial charge on any atom is -0.457 e. The fourth-order valence-electron chi connectivity index (χ4n) is 2.49. The summed E-state index contributed by atoms with van der Waals surface area (Å²) in [5.41, 5.74) is 0.344. The largest absolute Gasteiger partial charge is 0.457 e. The van der Waals surface area contributed by atoms with E-state index in [4.69, 9.17) is 4.74 Å². The van der Waals surface area contributed by atoms with Crippen LogP contribution in [-0.4, -0.2) is 29.9 Å². The van der Waals surface area contributed by atoms with E-state index in [9.17, 15) is 4.79 Å². The number of carbonyl (C=O) groups excluding carboxylic acids is 1. The van der Waals surface area contributed by atoms with Crippen LogP contribution in [0.15, 0.2) is 54.6 Å². The Hall–Kier alpha value is -2.33. The van der Waals surface area contributed by atoms with Gasteiger partial charge in [-0.3, -0.25) is 9.69 Å². The molecule has 0 saturated carbocycles. The molecule has 0 aromatic heterocycles. The average molecular weight is 296 g/mol. The van der Waals surface area contributed by atoms with Crippen LogP contribution in [0.2, 0.25) is 0 Å². The Morgan fingerprint density at radius 3 is 2.50 bits per heavy atom. The van der Waals surface area contributed by atoms with Crippen molar-refractivity contribution in [2.24, 2.45) is 0 Å². The van der Waals surface area contributed by atoms with Crippen molar-refractivity contribution in [1.29, 1.82) is 0 Å². The number of hydrogen-bond donors (Lipinski definition) is 1. The normalized spacial score (nSPS) is 21.0. The van der Waals surface area contributed by atoms with Crippen LogP contribution in [0.25, 0.3) is 0 Å². The highest BCUT2D eigenvalue weighted by Gasteiger charge is 2.44. The van der Waals surface area contributed by atoms with Crippen molar-refractivity contribution in [3.05, 3.63) is 54.6 Å². The number of hydrogen-bond acceptors (Lipinski definition) is 3. The van der Waals surface area contributed by atoms with Crippen molar-refractivity contribution >= 4 is 11.6 Å². The molecule has 1 aliphatic heterocycles. The number of benzene rings is 2. The van der Waals surface area contributed by atoms with Crippen LogP contribution in [0.1, 0.15) is 13.3 Å². The molecule has 1 aliphatic rings. The molecule has 1 N–H and O–H groups in total. The lowest BCUT2D eigenvalue weighted by Gasteiger charge is -2.46. The molecule has 3 rings (SSSR count). The Kier molecular flexibility index (Phi) is 3.86. The fraction of sp³-hybridized carbons (Fsp3) is 0.278. The van der Waals surface area contributed by atoms with Gasteiger partial charge in [0.25, 0.3) is 0 Å². The number of ether oxygens (including phenoxy) is 1. The number of nitrogens with one attached hydrogen (secondary N) is 1. The number of anilines is 1. The predicted molar refractivity (Wildman–Crippen MR) is 87.2 cm³/mol. The zero-order chi connectivity index (χ0) is 15.6. The highest BCUT2D eigenvalue weighted by Crippen LogP contribution is 2.30. The number of rotatable bonds is 4. The molecule has 0 bridgehead atoms. The topological polar surface area (TPSA) is 41.6 Å². The summed E-state index contributed by atoms with van der Waals surface area (Å²) in [7, 11) is 1.97. The third-order valence-corrected chi connectivity index (χ3v) is 4.34. The summed E-state index contributed by atoms with van der Waals surface area (Å²) >= 11 is 0. The van der Waals surface area contributed by atoms with Gasteiger partial charge < -0.3 is 10.1 Å². The molecule has 4 heteroatoms. The maximum absolute atomic E-state index is 12.4. The van der Waals surface area contributed by atoms with Gasteiger partial charge in [-0.15, -0.1) is 0 Å². The SMILES string of the molecule is CN1CCC1(C)C(=O)Nc1cccc(Oc2ccccc2)c1. The van der Waals surface area contributed by atoms with Crippen molar-refractivity contribution in [2.75, 3.05) is 18.9 Å². The molecule has 2 aromatic carbocycles. The molecule has 0 spiro atoms. The van der Waals surface area contributed by atoms with Gasteiger partial charge in [-0.2, -0.15) is 0 Å². The molecule has 1 amide bonds. The first-order chi connectivity index (χ1) is 10.6. The Bertz CT molecular complexity index is 672. The summed E-state index contributed by atoms with van der Waals surface area (Å²) in [5, 5.41) is 2.98. The number of nitrogens with zero attached hydrogens (tertiary/aromatic N) is 1. The Labute approximate surface area is 130 Å². The van der Waals surface area contributed by atoms with Crippen molar-refractivity contribution in [3.8, 4) is 11.5 Å². The molecule has 1 heterocycles. The van der Waals surface area contributed by atoms with Gasteiger partial charge in [-0.1, -0.05) is 24.3 Å². The van der Waals surface area contributed by atoms with Gasteiger partial charge in [0.1, 0.15) is 11.5 Å². The summed E-state index contributed by atoms with van der Waals surface area (Å²) in [6, 6.07) is 17.1. The maximum atomic E-state index is 12.4. The summed E-state index contributed by atoms with van der Waals surface area (Å²) in [6.45, 7) is 2.93. The molecule has 1 atom stereocenters. The number of para-hydroxylation sites is 1. The van der Waals surface area contributed by atoms with Gasteiger partial charge >= 0.3 is 0 Å². The standard InChI is InChI=1S/C18H20N2O2/c1-18(11-12-20(18)2)17(21)19-14-7-6-10-16(13-14)22-15-8-4-3-5-9-15/h3-10,13H,11-12H2,1-2H3,(H,19,21). The van der Waals surface area contributed by atoms with E-state index < -0.39 is 5.54 Å². The van der Waals surface area contributed by atoms with Crippen LogP contribution < -0.4 is 10.1 Å². The molecule has 0 aliphatic carbocycles. The van der Waals surface area contributed by atoms with Gasteiger partial charge in [0.15, 0.2) is 0 Å². The minimum absolute atomic E-state index is 0.0260. The molecule has 1 saturated heterocycles. The lowest BCUT2D eigenvalue weighted by atomic mass is 9.86. The lowest BCUT2D eigenvalue weighted by molar-refractivity contribution is -0.133. The van der Waals surface area contributed by atoms with Crippen molar-refractivity contribution in [2.45, 2.75) is 18.9 Å². The summed E-state index contributed by atoms with van der Waals surface area (Å²) in [4.78, 5) is 14.5. The quantitative estimate of drug-likeness (QED) is 0.938. The van der Waals surface area contributed by atoms with Crippen LogP contribution in [0.5, 0.6) is 11.5 Å². The van der Waals surface area contributed by atoms with Crippen LogP contribution in [0.4, 0.5) is 5.69 Å². The lowest BCUT2D eigenvalue weighted by Crippen LogP contribution is -2.62. The van der Waals surface area contributed by atoms with Crippen LogP contribution >= 0.6 is 0 Å². The van der Waals surface area contributed by atoms with E-state index in [0.29, 0.717) is 5.75 Å². The smallest absolute Gasteiger partial charge is 0.244 e. The van der Waals surface area contributed by atoms with E-state index >= 15 is 0 Å². The van der Waals surface area contributed by atoms with Crippen LogP contribution in [0.3, 0.4) is 0 Å². The number of carbonyl (C=O) groups is 1. The van der Waals surface area contributed by atoms with E-state index in [1.165, 1.54) is 0 Å². The minimum atomic E-state index is -0.406. The first-order valence-electron chi connectivity index (χ1n) is 7.44. The molecular formula is C18H20N2O2. The van der Waals surface area contributed by atoms with E-state index in [-0.39, 0.29) is 5.91 Å². The van der Waals surface area contributed by atoms with Crippen molar-refractivity contribution in [3.63, 3.8) is 0 Å². The van der Waals surface area contributed by atoms with Gasteiger partial charge in [-0.25, -0.2) is 0 Å².